The molecule has 0 atom stereocenters. The number of carbonyl (C=O) groups is 2. The predicted octanol–water partition coefficient (Wildman–Crippen LogP) is 2.75. The Morgan fingerprint density at radius 3 is 2.74 bits per heavy atom. The van der Waals surface area contributed by atoms with E-state index in [4.69, 9.17) is 5.11 Å². The summed E-state index contributed by atoms with van der Waals surface area (Å²) >= 11 is 1.32. The summed E-state index contributed by atoms with van der Waals surface area (Å²) in [5.74, 6) is -0.857. The van der Waals surface area contributed by atoms with Gasteiger partial charge in [-0.15, -0.1) is 0 Å². The third-order valence-electron chi connectivity index (χ3n) is 3.90. The zero-order valence-corrected chi connectivity index (χ0v) is 15.3. The molecule has 0 fully saturated rings. The van der Waals surface area contributed by atoms with Crippen molar-refractivity contribution in [2.75, 3.05) is 11.1 Å². The van der Waals surface area contributed by atoms with E-state index in [0.29, 0.717) is 27.5 Å². The van der Waals surface area contributed by atoms with Crippen LogP contribution in [0.25, 0.3) is 10.9 Å². The van der Waals surface area contributed by atoms with E-state index in [0.717, 1.165) is 0 Å². The van der Waals surface area contributed by atoms with Crippen molar-refractivity contribution in [2.24, 2.45) is 7.05 Å². The van der Waals surface area contributed by atoms with Gasteiger partial charge in [-0.25, -0.2) is 9.78 Å². The maximum absolute atomic E-state index is 12.4. The van der Waals surface area contributed by atoms with Crippen LogP contribution in [-0.4, -0.2) is 32.3 Å². The van der Waals surface area contributed by atoms with Crippen LogP contribution in [0.4, 0.5) is 5.69 Å². The van der Waals surface area contributed by atoms with Gasteiger partial charge in [0.1, 0.15) is 0 Å². The van der Waals surface area contributed by atoms with Gasteiger partial charge in [-0.3, -0.25) is 14.2 Å². The average Bonchev–Trinajstić information content (AvgIpc) is 2.66. The number of thioether (sulfide) groups is 1. The van der Waals surface area contributed by atoms with Crippen LogP contribution in [0, 0.1) is 0 Å². The maximum atomic E-state index is 12.4. The number of anilines is 1. The highest BCUT2D eigenvalue weighted by molar-refractivity contribution is 7.99. The number of fused-ring (bicyclic) bond motifs is 1. The number of para-hydroxylation sites is 1. The van der Waals surface area contributed by atoms with Crippen LogP contribution in [0.2, 0.25) is 0 Å². The molecule has 1 amide bonds. The molecule has 0 aliphatic rings. The Labute approximate surface area is 159 Å². The summed E-state index contributed by atoms with van der Waals surface area (Å²) in [6, 6.07) is 13.2. The van der Waals surface area contributed by atoms with Gasteiger partial charge in [0.2, 0.25) is 5.91 Å². The van der Waals surface area contributed by atoms with E-state index in [1.54, 1.807) is 37.4 Å². The standard InChI is InChI=1S/C19H17N3O4S/c1-22-17(24)14-7-2-3-8-15(14)21-19(22)27-10-9-16(23)20-13-6-4-5-12(11-13)18(25)26/h2-8,11H,9-10H2,1H3,(H,20,23)(H,25,26). The number of carbonyl (C=O) groups excluding carboxylic acids is 1. The summed E-state index contributed by atoms with van der Waals surface area (Å²) in [6.07, 6.45) is 0.199. The van der Waals surface area contributed by atoms with Crippen LogP contribution in [0.3, 0.4) is 0 Å². The van der Waals surface area contributed by atoms with E-state index < -0.39 is 5.97 Å². The van der Waals surface area contributed by atoms with Gasteiger partial charge in [0.15, 0.2) is 5.16 Å². The molecule has 8 heteroatoms. The largest absolute Gasteiger partial charge is 0.478 e. The Morgan fingerprint density at radius 1 is 1.19 bits per heavy atom. The van der Waals surface area contributed by atoms with E-state index in [1.165, 1.54) is 28.5 Å². The maximum Gasteiger partial charge on any atom is 0.335 e. The Morgan fingerprint density at radius 2 is 1.96 bits per heavy atom. The van der Waals surface area contributed by atoms with Gasteiger partial charge in [-0.1, -0.05) is 30.0 Å². The van der Waals surface area contributed by atoms with E-state index in [2.05, 4.69) is 10.3 Å². The van der Waals surface area contributed by atoms with Crippen LogP contribution in [0.1, 0.15) is 16.8 Å². The topological polar surface area (TPSA) is 101 Å². The van der Waals surface area contributed by atoms with Gasteiger partial charge in [0.25, 0.3) is 5.56 Å². The fourth-order valence-corrected chi connectivity index (χ4v) is 3.42. The van der Waals surface area contributed by atoms with Crippen LogP contribution < -0.4 is 10.9 Å². The molecule has 0 spiro atoms. The molecule has 0 aliphatic carbocycles. The number of rotatable bonds is 6. The van der Waals surface area contributed by atoms with Crippen LogP contribution in [0.15, 0.2) is 58.5 Å². The van der Waals surface area contributed by atoms with Gasteiger partial charge < -0.3 is 10.4 Å². The number of nitrogens with zero attached hydrogens (tertiary/aromatic N) is 2. The van der Waals surface area contributed by atoms with Crippen LogP contribution in [-0.2, 0) is 11.8 Å². The van der Waals surface area contributed by atoms with Crippen molar-refractivity contribution >= 4 is 40.2 Å². The molecule has 0 saturated heterocycles. The van der Waals surface area contributed by atoms with Crippen molar-refractivity contribution in [3.63, 3.8) is 0 Å². The van der Waals surface area contributed by atoms with Gasteiger partial charge in [-0.2, -0.15) is 0 Å². The first kappa shape index (κ1) is 18.7. The monoisotopic (exact) mass is 383 g/mol. The summed E-state index contributed by atoms with van der Waals surface area (Å²) < 4.78 is 1.47. The second kappa shape index (κ2) is 8.05. The fraction of sp³-hybridized carbons (Fsp3) is 0.158. The Hall–Kier alpha value is -3.13. The number of carboxylic acids is 1. The number of aromatic nitrogens is 2. The lowest BCUT2D eigenvalue weighted by Gasteiger charge is -2.09. The molecule has 0 unspecified atom stereocenters. The van der Waals surface area contributed by atoms with E-state index in [9.17, 15) is 14.4 Å². The molecule has 0 aliphatic heterocycles. The van der Waals surface area contributed by atoms with Gasteiger partial charge in [-0.05, 0) is 30.3 Å². The van der Waals surface area contributed by atoms with Crippen molar-refractivity contribution < 1.29 is 14.7 Å². The summed E-state index contributed by atoms with van der Waals surface area (Å²) in [7, 11) is 1.65. The first-order valence-electron chi connectivity index (χ1n) is 8.17. The number of benzene rings is 2. The molecular weight excluding hydrogens is 366 g/mol. The lowest BCUT2D eigenvalue weighted by atomic mass is 10.2. The minimum absolute atomic E-state index is 0.109. The van der Waals surface area contributed by atoms with E-state index >= 15 is 0 Å². The smallest absolute Gasteiger partial charge is 0.335 e. The summed E-state index contributed by atoms with van der Waals surface area (Å²) in [5.41, 5.74) is 1.04. The summed E-state index contributed by atoms with van der Waals surface area (Å²) in [4.78, 5) is 39.9. The number of hydrogen-bond donors (Lipinski definition) is 2. The molecular formula is C19H17N3O4S. The van der Waals surface area contributed by atoms with Crippen molar-refractivity contribution in [1.82, 2.24) is 9.55 Å². The van der Waals surface area contributed by atoms with E-state index in [1.807, 2.05) is 6.07 Å². The second-order valence-corrected chi connectivity index (χ2v) is 6.87. The minimum Gasteiger partial charge on any atom is -0.478 e. The first-order chi connectivity index (χ1) is 13.0. The number of aromatic carboxylic acids is 1. The molecule has 7 nitrogen and oxygen atoms in total. The van der Waals surface area contributed by atoms with Gasteiger partial charge in [0.05, 0.1) is 16.5 Å². The molecule has 1 heterocycles. The van der Waals surface area contributed by atoms with Gasteiger partial charge in [0, 0.05) is 24.9 Å². The fourth-order valence-electron chi connectivity index (χ4n) is 2.52. The number of carboxylic acid groups (broad SMARTS) is 1. The quantitative estimate of drug-likeness (QED) is 0.501. The van der Waals surface area contributed by atoms with Crippen molar-refractivity contribution in [1.29, 1.82) is 0 Å². The van der Waals surface area contributed by atoms with Crippen LogP contribution >= 0.6 is 11.8 Å². The molecule has 2 N–H and O–H groups in total. The van der Waals surface area contributed by atoms with Crippen LogP contribution in [0.5, 0.6) is 0 Å². The molecule has 138 valence electrons. The third kappa shape index (κ3) is 4.35. The lowest BCUT2D eigenvalue weighted by Crippen LogP contribution is -2.20. The zero-order valence-electron chi connectivity index (χ0n) is 14.5. The third-order valence-corrected chi connectivity index (χ3v) is 4.93. The molecule has 0 saturated carbocycles. The molecule has 3 rings (SSSR count). The Balaban J connectivity index is 1.63. The minimum atomic E-state index is -1.05. The normalized spacial score (nSPS) is 10.7. The number of amides is 1. The molecule has 2 aromatic carbocycles. The van der Waals surface area contributed by atoms with Crippen molar-refractivity contribution in [3.05, 3.63) is 64.4 Å². The molecule has 0 bridgehead atoms. The Kier molecular flexibility index (Phi) is 5.56. The van der Waals surface area contributed by atoms with Crippen molar-refractivity contribution in [3.8, 4) is 0 Å². The Bertz CT molecular complexity index is 1080. The number of hydrogen-bond acceptors (Lipinski definition) is 5. The molecule has 0 radical (unpaired) electrons. The second-order valence-electron chi connectivity index (χ2n) is 5.81. The summed E-state index contributed by atoms with van der Waals surface area (Å²) in [6.45, 7) is 0. The zero-order chi connectivity index (χ0) is 19.4. The summed E-state index contributed by atoms with van der Waals surface area (Å²) in [5, 5.41) is 12.8. The molecule has 3 aromatic rings. The SMILES string of the molecule is Cn1c(SCCC(=O)Nc2cccc(C(=O)O)c2)nc2ccccc2c1=O. The highest BCUT2D eigenvalue weighted by Crippen LogP contribution is 2.18. The average molecular weight is 383 g/mol. The van der Waals surface area contributed by atoms with Crippen molar-refractivity contribution in [2.45, 2.75) is 11.6 Å². The molecule has 27 heavy (non-hydrogen) atoms. The molecule has 1 aromatic heterocycles. The van der Waals surface area contributed by atoms with Gasteiger partial charge >= 0.3 is 5.97 Å². The van der Waals surface area contributed by atoms with E-state index in [-0.39, 0.29) is 23.5 Å². The highest BCUT2D eigenvalue weighted by atomic mass is 32.2. The predicted molar refractivity (Wildman–Crippen MR) is 104 cm³/mol. The first-order valence-corrected chi connectivity index (χ1v) is 9.16. The highest BCUT2D eigenvalue weighted by Gasteiger charge is 2.10. The lowest BCUT2D eigenvalue weighted by molar-refractivity contribution is -0.115. The number of nitrogens with one attached hydrogen (secondary N) is 1.